The van der Waals surface area contributed by atoms with Gasteiger partial charge in [-0.05, 0) is 17.8 Å². The molecule has 0 saturated heterocycles. The first-order valence-corrected chi connectivity index (χ1v) is 10.7. The average molecular weight is 365 g/mol. The smallest absolute Gasteiger partial charge is 0.237 e. The van der Waals surface area contributed by atoms with Gasteiger partial charge in [0.2, 0.25) is 5.91 Å². The Morgan fingerprint density at radius 3 is 2.16 bits per heavy atom. The van der Waals surface area contributed by atoms with Crippen molar-refractivity contribution in [3.05, 3.63) is 11.1 Å². The quantitative estimate of drug-likeness (QED) is 0.720. The molecule has 6 heteroatoms. The van der Waals surface area contributed by atoms with E-state index < -0.39 is 6.04 Å². The molecule has 2 saturated carbocycles. The fraction of sp³-hybridized carbons (Fsp3) is 0.789. The number of nitrogens with one attached hydrogen (secondary N) is 1. The van der Waals surface area contributed by atoms with Crippen LogP contribution in [-0.4, -0.2) is 16.9 Å². The second-order valence-corrected chi connectivity index (χ2v) is 8.93. The van der Waals surface area contributed by atoms with Crippen LogP contribution in [0.3, 0.4) is 0 Å². The first kappa shape index (κ1) is 18.6. The highest BCUT2D eigenvalue weighted by Crippen LogP contribution is 2.41. The third-order valence-electron chi connectivity index (χ3n) is 6.11. The number of anilines is 1. The molecule has 1 heterocycles. The maximum Gasteiger partial charge on any atom is 0.237 e. The lowest BCUT2D eigenvalue weighted by molar-refractivity contribution is -0.125. The van der Waals surface area contributed by atoms with E-state index in [1.54, 1.807) is 6.20 Å². The zero-order chi connectivity index (χ0) is 17.6. The van der Waals surface area contributed by atoms with Gasteiger partial charge in [0.25, 0.3) is 0 Å². The molecule has 3 rings (SSSR count). The van der Waals surface area contributed by atoms with Crippen molar-refractivity contribution in [1.82, 2.24) is 10.3 Å². The summed E-state index contributed by atoms with van der Waals surface area (Å²) in [6, 6.07) is -0.392. The number of hydrogen-bond donors (Lipinski definition) is 3. The molecule has 1 atom stereocenters. The van der Waals surface area contributed by atoms with Gasteiger partial charge in [0.1, 0.15) is 0 Å². The van der Waals surface area contributed by atoms with Crippen molar-refractivity contribution in [1.29, 1.82) is 0 Å². The van der Waals surface area contributed by atoms with Crippen molar-refractivity contribution in [2.24, 2.45) is 23.5 Å². The topological polar surface area (TPSA) is 94.0 Å². The van der Waals surface area contributed by atoms with Gasteiger partial charge in [-0.1, -0.05) is 64.2 Å². The molecule has 2 aliphatic carbocycles. The number of nitrogens with two attached hydrogens (primary N) is 2. The van der Waals surface area contributed by atoms with E-state index in [9.17, 15) is 4.79 Å². The minimum absolute atomic E-state index is 0.00637. The highest BCUT2D eigenvalue weighted by Gasteiger charge is 2.38. The number of hydrogen-bond acceptors (Lipinski definition) is 5. The van der Waals surface area contributed by atoms with Gasteiger partial charge in [0.05, 0.1) is 12.6 Å². The van der Waals surface area contributed by atoms with Gasteiger partial charge in [0, 0.05) is 11.1 Å². The summed E-state index contributed by atoms with van der Waals surface area (Å²) >= 11 is 1.42. The van der Waals surface area contributed by atoms with Gasteiger partial charge in [-0.2, -0.15) is 0 Å². The second-order valence-electron chi connectivity index (χ2n) is 7.78. The molecule has 0 radical (unpaired) electrons. The number of nitrogen functional groups attached to an aromatic ring is 1. The highest BCUT2D eigenvalue weighted by molar-refractivity contribution is 7.15. The zero-order valence-corrected chi connectivity index (χ0v) is 15.9. The number of aromatic nitrogens is 1. The molecule has 5 N–H and O–H groups in total. The Bertz CT molecular complexity index is 531. The van der Waals surface area contributed by atoms with Crippen LogP contribution in [0.4, 0.5) is 5.13 Å². The van der Waals surface area contributed by atoms with Crippen molar-refractivity contribution >= 4 is 22.4 Å². The van der Waals surface area contributed by atoms with Crippen molar-refractivity contribution in [2.75, 3.05) is 5.73 Å². The molecule has 1 aromatic rings. The maximum absolute atomic E-state index is 12.8. The number of carbonyl (C=O) groups is 1. The van der Waals surface area contributed by atoms with E-state index >= 15 is 0 Å². The van der Waals surface area contributed by atoms with E-state index in [2.05, 4.69) is 10.3 Å². The Morgan fingerprint density at radius 1 is 1.12 bits per heavy atom. The van der Waals surface area contributed by atoms with Gasteiger partial charge in [-0.25, -0.2) is 4.98 Å². The number of amides is 1. The summed E-state index contributed by atoms with van der Waals surface area (Å²) in [5.74, 6) is 1.58. The van der Waals surface area contributed by atoms with Gasteiger partial charge in [-0.15, -0.1) is 11.3 Å². The molecular weight excluding hydrogens is 332 g/mol. The molecule has 1 aromatic heterocycles. The molecule has 25 heavy (non-hydrogen) atoms. The molecule has 5 nitrogen and oxygen atoms in total. The molecule has 140 valence electrons. The first-order chi connectivity index (χ1) is 12.1. The van der Waals surface area contributed by atoms with Crippen molar-refractivity contribution < 1.29 is 4.79 Å². The lowest BCUT2D eigenvalue weighted by atomic mass is 9.66. The average Bonchev–Trinajstić information content (AvgIpc) is 3.07. The molecule has 0 bridgehead atoms. The Balaban J connectivity index is 1.64. The van der Waals surface area contributed by atoms with Crippen molar-refractivity contribution in [3.8, 4) is 0 Å². The van der Waals surface area contributed by atoms with E-state index in [1.807, 2.05) is 0 Å². The Labute approximate surface area is 155 Å². The number of thiazole rings is 1. The molecule has 0 spiro atoms. The number of rotatable bonds is 6. The molecular formula is C19H32N4OS. The lowest BCUT2D eigenvalue weighted by Gasteiger charge is -2.40. The Morgan fingerprint density at radius 2 is 1.68 bits per heavy atom. The normalized spacial score (nSPS) is 21.4. The fourth-order valence-electron chi connectivity index (χ4n) is 4.88. The monoisotopic (exact) mass is 364 g/mol. The van der Waals surface area contributed by atoms with Gasteiger partial charge < -0.3 is 16.8 Å². The van der Waals surface area contributed by atoms with Crippen LogP contribution in [0.5, 0.6) is 0 Å². The zero-order valence-electron chi connectivity index (χ0n) is 15.1. The molecule has 2 fully saturated rings. The highest BCUT2D eigenvalue weighted by atomic mass is 32.1. The van der Waals surface area contributed by atoms with Crippen LogP contribution in [0.15, 0.2) is 6.20 Å². The summed E-state index contributed by atoms with van der Waals surface area (Å²) in [7, 11) is 0. The summed E-state index contributed by atoms with van der Waals surface area (Å²) in [6.45, 7) is 0.476. The Hall–Kier alpha value is -1.14. The van der Waals surface area contributed by atoms with E-state index in [-0.39, 0.29) is 5.91 Å². The third-order valence-corrected chi connectivity index (χ3v) is 6.94. The van der Waals surface area contributed by atoms with Crippen LogP contribution < -0.4 is 16.8 Å². The van der Waals surface area contributed by atoms with Crippen molar-refractivity contribution in [3.63, 3.8) is 0 Å². The molecule has 2 aliphatic rings. The van der Waals surface area contributed by atoms with Crippen LogP contribution in [0.25, 0.3) is 0 Å². The lowest BCUT2D eigenvalue weighted by Crippen LogP contribution is -2.50. The summed E-state index contributed by atoms with van der Waals surface area (Å²) in [4.78, 5) is 17.8. The van der Waals surface area contributed by atoms with Crippen molar-refractivity contribution in [2.45, 2.75) is 76.8 Å². The summed E-state index contributed by atoms with van der Waals surface area (Å²) in [5.41, 5.74) is 12.2. The second kappa shape index (κ2) is 8.99. The van der Waals surface area contributed by atoms with E-state index in [0.29, 0.717) is 29.4 Å². The summed E-state index contributed by atoms with van der Waals surface area (Å²) < 4.78 is 0. The van der Waals surface area contributed by atoms with E-state index in [1.165, 1.54) is 75.5 Å². The predicted octanol–water partition coefficient (Wildman–Crippen LogP) is 3.45. The van der Waals surface area contributed by atoms with Crippen LogP contribution in [0, 0.1) is 17.8 Å². The number of nitrogens with zero attached hydrogens (tertiary/aromatic N) is 1. The number of carbonyl (C=O) groups excluding carboxylic acids is 1. The standard InChI is InChI=1S/C19H32N4OS/c20-17(18(24)22-11-15-12-23-19(21)25-15)16(13-7-3-1-4-8-13)14-9-5-2-6-10-14/h12-14,16-17H,1-11,20H2,(H2,21,23)(H,22,24)/t17-/m1/s1. The minimum atomic E-state index is -0.392. The van der Waals surface area contributed by atoms with Gasteiger partial charge >= 0.3 is 0 Å². The van der Waals surface area contributed by atoms with Crippen LogP contribution in [-0.2, 0) is 11.3 Å². The Kier molecular flexibility index (Phi) is 6.70. The SMILES string of the molecule is Nc1ncc(CNC(=O)[C@H](N)C(C2CCCCC2)C2CCCCC2)s1. The van der Waals surface area contributed by atoms with Crippen LogP contribution in [0.2, 0.25) is 0 Å². The summed E-state index contributed by atoms with van der Waals surface area (Å²) in [6.07, 6.45) is 14.5. The minimum Gasteiger partial charge on any atom is -0.375 e. The fourth-order valence-corrected chi connectivity index (χ4v) is 5.50. The van der Waals surface area contributed by atoms with Crippen LogP contribution in [0.1, 0.15) is 69.1 Å². The molecule has 0 aliphatic heterocycles. The molecule has 0 unspecified atom stereocenters. The summed E-state index contributed by atoms with van der Waals surface area (Å²) in [5, 5.41) is 3.56. The van der Waals surface area contributed by atoms with Gasteiger partial charge in [-0.3, -0.25) is 4.79 Å². The first-order valence-electron chi connectivity index (χ1n) is 9.88. The molecule has 0 aromatic carbocycles. The van der Waals surface area contributed by atoms with E-state index in [0.717, 1.165) is 4.88 Å². The largest absolute Gasteiger partial charge is 0.375 e. The predicted molar refractivity (Wildman–Crippen MR) is 103 cm³/mol. The maximum atomic E-state index is 12.8. The third kappa shape index (κ3) is 4.94. The van der Waals surface area contributed by atoms with E-state index in [4.69, 9.17) is 11.5 Å². The van der Waals surface area contributed by atoms with Crippen LogP contribution >= 0.6 is 11.3 Å². The molecule has 1 amide bonds. The van der Waals surface area contributed by atoms with Gasteiger partial charge in [0.15, 0.2) is 5.13 Å².